The van der Waals surface area contributed by atoms with E-state index in [0.29, 0.717) is 5.75 Å². The zero-order chi connectivity index (χ0) is 16.8. The standard InChI is InChI=1S/C18H20N2O3/c1-13-6-4-5-7-17(13)19-18(22)12-23-16-10-8-15(9-11-16)20(3)14(2)21/h4-11H,12H2,1-3H3,(H,19,22). The summed E-state index contributed by atoms with van der Waals surface area (Å²) in [5, 5.41) is 2.81. The van der Waals surface area contributed by atoms with Crippen LogP contribution in [0.3, 0.4) is 0 Å². The number of hydrogen-bond donors (Lipinski definition) is 1. The lowest BCUT2D eigenvalue weighted by molar-refractivity contribution is -0.118. The number of aryl methyl sites for hydroxylation is 1. The summed E-state index contributed by atoms with van der Waals surface area (Å²) < 4.78 is 5.46. The quantitative estimate of drug-likeness (QED) is 0.923. The molecule has 23 heavy (non-hydrogen) atoms. The average molecular weight is 312 g/mol. The highest BCUT2D eigenvalue weighted by molar-refractivity contribution is 5.92. The number of carbonyl (C=O) groups excluding carboxylic acids is 2. The summed E-state index contributed by atoms with van der Waals surface area (Å²) in [5.41, 5.74) is 2.55. The molecule has 0 fully saturated rings. The summed E-state index contributed by atoms with van der Waals surface area (Å²) in [6, 6.07) is 14.6. The second kappa shape index (κ2) is 7.45. The fourth-order valence-corrected chi connectivity index (χ4v) is 2.00. The molecule has 2 rings (SSSR count). The van der Waals surface area contributed by atoms with E-state index >= 15 is 0 Å². The molecular formula is C18H20N2O3. The second-order valence-electron chi connectivity index (χ2n) is 5.22. The SMILES string of the molecule is CC(=O)N(C)c1ccc(OCC(=O)Nc2ccccc2C)cc1. The number of amides is 2. The Hall–Kier alpha value is -2.82. The number of benzene rings is 2. The van der Waals surface area contributed by atoms with Gasteiger partial charge in [-0.25, -0.2) is 0 Å². The molecule has 0 radical (unpaired) electrons. The van der Waals surface area contributed by atoms with Gasteiger partial charge in [0, 0.05) is 25.3 Å². The third-order valence-corrected chi connectivity index (χ3v) is 3.49. The molecule has 0 heterocycles. The molecule has 2 aromatic rings. The Morgan fingerprint density at radius 1 is 1.09 bits per heavy atom. The Morgan fingerprint density at radius 2 is 1.74 bits per heavy atom. The van der Waals surface area contributed by atoms with Gasteiger partial charge in [-0.05, 0) is 42.8 Å². The average Bonchev–Trinajstić information content (AvgIpc) is 2.55. The first-order chi connectivity index (χ1) is 11.0. The van der Waals surface area contributed by atoms with Gasteiger partial charge in [0.25, 0.3) is 5.91 Å². The first-order valence-corrected chi connectivity index (χ1v) is 7.30. The molecule has 0 aliphatic rings. The Morgan fingerprint density at radius 3 is 2.35 bits per heavy atom. The van der Waals surface area contributed by atoms with Crippen LogP contribution in [0.15, 0.2) is 48.5 Å². The van der Waals surface area contributed by atoms with Crippen LogP contribution in [0, 0.1) is 6.92 Å². The fourth-order valence-electron chi connectivity index (χ4n) is 2.00. The van der Waals surface area contributed by atoms with E-state index in [9.17, 15) is 9.59 Å². The Bertz CT molecular complexity index is 696. The van der Waals surface area contributed by atoms with Crippen LogP contribution in [0.1, 0.15) is 12.5 Å². The Kier molecular flexibility index (Phi) is 5.36. The normalized spacial score (nSPS) is 10.0. The molecule has 0 aromatic heterocycles. The zero-order valence-corrected chi connectivity index (χ0v) is 13.5. The molecule has 5 heteroatoms. The van der Waals surface area contributed by atoms with Crippen LogP contribution in [0.25, 0.3) is 0 Å². The molecular weight excluding hydrogens is 292 g/mol. The van der Waals surface area contributed by atoms with Crippen molar-refractivity contribution in [2.24, 2.45) is 0 Å². The second-order valence-corrected chi connectivity index (χ2v) is 5.22. The number of carbonyl (C=O) groups is 2. The van der Waals surface area contributed by atoms with E-state index in [1.54, 1.807) is 31.3 Å². The Balaban J connectivity index is 1.89. The van der Waals surface area contributed by atoms with Crippen LogP contribution in [0.5, 0.6) is 5.75 Å². The number of rotatable bonds is 5. The molecule has 0 aliphatic heterocycles. The van der Waals surface area contributed by atoms with Gasteiger partial charge in [0.1, 0.15) is 5.75 Å². The molecule has 0 unspecified atom stereocenters. The van der Waals surface area contributed by atoms with E-state index in [2.05, 4.69) is 5.32 Å². The number of hydrogen-bond acceptors (Lipinski definition) is 3. The van der Waals surface area contributed by atoms with E-state index in [1.165, 1.54) is 11.8 Å². The largest absolute Gasteiger partial charge is 0.484 e. The zero-order valence-electron chi connectivity index (χ0n) is 13.5. The number of anilines is 2. The van der Waals surface area contributed by atoms with Crippen LogP contribution < -0.4 is 15.0 Å². The number of para-hydroxylation sites is 1. The number of ether oxygens (including phenoxy) is 1. The summed E-state index contributed by atoms with van der Waals surface area (Å²) in [5.74, 6) is 0.311. The molecule has 0 atom stereocenters. The fraction of sp³-hybridized carbons (Fsp3) is 0.222. The van der Waals surface area contributed by atoms with E-state index in [0.717, 1.165) is 16.9 Å². The predicted molar refractivity (Wildman–Crippen MR) is 90.8 cm³/mol. The molecule has 0 aliphatic carbocycles. The highest BCUT2D eigenvalue weighted by Gasteiger charge is 2.07. The molecule has 0 saturated carbocycles. The van der Waals surface area contributed by atoms with Gasteiger partial charge in [0.15, 0.2) is 6.61 Å². The minimum Gasteiger partial charge on any atom is -0.484 e. The maximum atomic E-state index is 11.9. The summed E-state index contributed by atoms with van der Waals surface area (Å²) in [6.07, 6.45) is 0. The van der Waals surface area contributed by atoms with Crippen molar-refractivity contribution < 1.29 is 14.3 Å². The summed E-state index contributed by atoms with van der Waals surface area (Å²) in [6.45, 7) is 3.36. The minimum absolute atomic E-state index is 0.0451. The van der Waals surface area contributed by atoms with Gasteiger partial charge in [0.2, 0.25) is 5.91 Å². The van der Waals surface area contributed by atoms with Gasteiger partial charge < -0.3 is 15.0 Å². The number of nitrogens with zero attached hydrogens (tertiary/aromatic N) is 1. The Labute approximate surface area is 135 Å². The molecule has 5 nitrogen and oxygen atoms in total. The monoisotopic (exact) mass is 312 g/mol. The van der Waals surface area contributed by atoms with Crippen molar-refractivity contribution in [2.45, 2.75) is 13.8 Å². The van der Waals surface area contributed by atoms with Crippen molar-refractivity contribution in [1.29, 1.82) is 0 Å². The third kappa shape index (κ3) is 4.57. The lowest BCUT2D eigenvalue weighted by Crippen LogP contribution is -2.22. The van der Waals surface area contributed by atoms with Gasteiger partial charge in [-0.2, -0.15) is 0 Å². The van der Waals surface area contributed by atoms with Gasteiger partial charge in [0.05, 0.1) is 0 Å². The molecule has 1 N–H and O–H groups in total. The summed E-state index contributed by atoms with van der Waals surface area (Å²) in [4.78, 5) is 24.7. The minimum atomic E-state index is -0.218. The highest BCUT2D eigenvalue weighted by Crippen LogP contribution is 2.19. The molecule has 120 valence electrons. The van der Waals surface area contributed by atoms with Gasteiger partial charge in [-0.1, -0.05) is 18.2 Å². The van der Waals surface area contributed by atoms with E-state index in [4.69, 9.17) is 4.74 Å². The maximum absolute atomic E-state index is 11.9. The van der Waals surface area contributed by atoms with Gasteiger partial charge in [-0.15, -0.1) is 0 Å². The van der Waals surface area contributed by atoms with Crippen molar-refractivity contribution in [2.75, 3.05) is 23.9 Å². The molecule has 0 spiro atoms. The topological polar surface area (TPSA) is 58.6 Å². The van der Waals surface area contributed by atoms with Gasteiger partial charge in [-0.3, -0.25) is 9.59 Å². The molecule has 2 aromatic carbocycles. The summed E-state index contributed by atoms with van der Waals surface area (Å²) in [7, 11) is 1.70. The van der Waals surface area contributed by atoms with Crippen molar-refractivity contribution in [1.82, 2.24) is 0 Å². The molecule has 2 amide bonds. The van der Waals surface area contributed by atoms with Crippen LogP contribution >= 0.6 is 0 Å². The molecule has 0 saturated heterocycles. The lowest BCUT2D eigenvalue weighted by Gasteiger charge is -2.15. The lowest BCUT2D eigenvalue weighted by atomic mass is 10.2. The van der Waals surface area contributed by atoms with Crippen LogP contribution in [0.2, 0.25) is 0 Å². The van der Waals surface area contributed by atoms with Crippen molar-refractivity contribution in [3.8, 4) is 5.75 Å². The van der Waals surface area contributed by atoms with E-state index in [-0.39, 0.29) is 18.4 Å². The third-order valence-electron chi connectivity index (χ3n) is 3.49. The summed E-state index contributed by atoms with van der Waals surface area (Å²) >= 11 is 0. The highest BCUT2D eigenvalue weighted by atomic mass is 16.5. The first kappa shape index (κ1) is 16.5. The molecule has 0 bridgehead atoms. The van der Waals surface area contributed by atoms with Crippen LogP contribution in [-0.4, -0.2) is 25.5 Å². The van der Waals surface area contributed by atoms with Gasteiger partial charge >= 0.3 is 0 Å². The van der Waals surface area contributed by atoms with E-state index in [1.807, 2.05) is 31.2 Å². The van der Waals surface area contributed by atoms with Crippen LogP contribution in [0.4, 0.5) is 11.4 Å². The van der Waals surface area contributed by atoms with Crippen LogP contribution in [-0.2, 0) is 9.59 Å². The van der Waals surface area contributed by atoms with Crippen molar-refractivity contribution in [3.63, 3.8) is 0 Å². The number of nitrogens with one attached hydrogen (secondary N) is 1. The van der Waals surface area contributed by atoms with E-state index < -0.39 is 0 Å². The maximum Gasteiger partial charge on any atom is 0.262 e. The van der Waals surface area contributed by atoms with Crippen molar-refractivity contribution in [3.05, 3.63) is 54.1 Å². The smallest absolute Gasteiger partial charge is 0.262 e. The predicted octanol–water partition coefficient (Wildman–Crippen LogP) is 3.00. The first-order valence-electron chi connectivity index (χ1n) is 7.30. The van der Waals surface area contributed by atoms with Crippen molar-refractivity contribution >= 4 is 23.2 Å².